The van der Waals surface area contributed by atoms with Gasteiger partial charge in [0.15, 0.2) is 0 Å². The van der Waals surface area contributed by atoms with Crippen LogP contribution in [0.5, 0.6) is 5.75 Å². The predicted octanol–water partition coefficient (Wildman–Crippen LogP) is 1.73. The second-order valence-corrected chi connectivity index (χ2v) is 6.30. The van der Waals surface area contributed by atoms with E-state index >= 15 is 0 Å². The van der Waals surface area contributed by atoms with Gasteiger partial charge in [-0.05, 0) is 37.5 Å². The molecule has 1 N–H and O–H groups in total. The number of nitrogens with zero attached hydrogens (tertiary/aromatic N) is 2. The van der Waals surface area contributed by atoms with Crippen LogP contribution >= 0.6 is 0 Å². The molecular weight excluding hydrogens is 290 g/mol. The third-order valence-electron chi connectivity index (χ3n) is 4.25. The van der Waals surface area contributed by atoms with E-state index in [1.165, 1.54) is 5.56 Å². The zero-order valence-electron chi connectivity index (χ0n) is 14.5. The number of likely N-dealkylation sites (tertiary alicyclic amines) is 1. The van der Waals surface area contributed by atoms with Crippen molar-refractivity contribution in [2.75, 3.05) is 40.3 Å². The average molecular weight is 319 g/mol. The van der Waals surface area contributed by atoms with Crippen LogP contribution in [0.4, 0.5) is 0 Å². The molecule has 1 aliphatic rings. The van der Waals surface area contributed by atoms with Crippen LogP contribution in [0.3, 0.4) is 0 Å². The first-order valence-corrected chi connectivity index (χ1v) is 8.46. The van der Waals surface area contributed by atoms with Gasteiger partial charge >= 0.3 is 0 Å². The number of carbonyl (C=O) groups is 1. The number of carbonyl (C=O) groups excluding carboxylic acids is 1. The normalized spacial score (nSPS) is 16.3. The monoisotopic (exact) mass is 319 g/mol. The number of piperidine rings is 1. The van der Waals surface area contributed by atoms with Crippen molar-refractivity contribution in [3.05, 3.63) is 29.8 Å². The lowest BCUT2D eigenvalue weighted by molar-refractivity contribution is -0.130. The second kappa shape index (κ2) is 8.89. The minimum atomic E-state index is 0.184. The molecule has 128 valence electrons. The first-order valence-electron chi connectivity index (χ1n) is 8.46. The summed E-state index contributed by atoms with van der Waals surface area (Å²) in [7, 11) is 3.63. The highest BCUT2D eigenvalue weighted by atomic mass is 16.5. The van der Waals surface area contributed by atoms with E-state index in [4.69, 9.17) is 4.74 Å². The third-order valence-corrected chi connectivity index (χ3v) is 4.25. The molecule has 1 amide bonds. The smallest absolute Gasteiger partial charge is 0.236 e. The summed E-state index contributed by atoms with van der Waals surface area (Å²) in [5.74, 6) is 1.12. The van der Waals surface area contributed by atoms with Gasteiger partial charge in [0, 0.05) is 39.8 Å². The van der Waals surface area contributed by atoms with E-state index in [2.05, 4.69) is 22.3 Å². The summed E-state index contributed by atoms with van der Waals surface area (Å²) < 4.78 is 5.54. The lowest BCUT2D eigenvalue weighted by Crippen LogP contribution is -2.45. The quantitative estimate of drug-likeness (QED) is 0.831. The van der Waals surface area contributed by atoms with Crippen molar-refractivity contribution >= 4 is 5.91 Å². The zero-order valence-corrected chi connectivity index (χ0v) is 14.5. The molecule has 0 aromatic heterocycles. The number of benzene rings is 1. The van der Waals surface area contributed by atoms with Crippen LogP contribution in [0.25, 0.3) is 0 Å². The van der Waals surface area contributed by atoms with Crippen molar-refractivity contribution in [3.8, 4) is 5.75 Å². The molecule has 1 fully saturated rings. The van der Waals surface area contributed by atoms with Gasteiger partial charge in [0.1, 0.15) is 5.75 Å². The number of hydrogen-bond donors (Lipinski definition) is 1. The Hall–Kier alpha value is -1.59. The van der Waals surface area contributed by atoms with E-state index in [0.717, 1.165) is 38.2 Å². The first kappa shape index (κ1) is 17.8. The van der Waals surface area contributed by atoms with Gasteiger partial charge in [-0.25, -0.2) is 0 Å². The van der Waals surface area contributed by atoms with Gasteiger partial charge in [0.2, 0.25) is 5.91 Å². The Labute approximate surface area is 139 Å². The maximum atomic E-state index is 11.7. The Morgan fingerprint density at radius 3 is 2.74 bits per heavy atom. The number of nitrogens with one attached hydrogen (secondary N) is 1. The topological polar surface area (TPSA) is 44.8 Å². The minimum absolute atomic E-state index is 0.184. The third kappa shape index (κ3) is 5.84. The molecule has 2 rings (SSSR count). The van der Waals surface area contributed by atoms with Crippen molar-refractivity contribution < 1.29 is 9.53 Å². The Morgan fingerprint density at radius 1 is 1.35 bits per heavy atom. The molecule has 1 aromatic carbocycles. The van der Waals surface area contributed by atoms with Crippen LogP contribution in [-0.4, -0.2) is 62.1 Å². The van der Waals surface area contributed by atoms with Crippen molar-refractivity contribution in [1.82, 2.24) is 15.1 Å². The summed E-state index contributed by atoms with van der Waals surface area (Å²) in [6, 6.07) is 8.78. The molecule has 0 bridgehead atoms. The van der Waals surface area contributed by atoms with Gasteiger partial charge in [0.25, 0.3) is 0 Å². The number of rotatable bonds is 7. The van der Waals surface area contributed by atoms with Crippen molar-refractivity contribution in [3.63, 3.8) is 0 Å². The molecule has 0 atom stereocenters. The summed E-state index contributed by atoms with van der Waals surface area (Å²) in [5, 5.41) is 3.63. The second-order valence-electron chi connectivity index (χ2n) is 6.30. The van der Waals surface area contributed by atoms with E-state index < -0.39 is 0 Å². The summed E-state index contributed by atoms with van der Waals surface area (Å²) in [4.78, 5) is 15.7. The molecule has 1 heterocycles. The van der Waals surface area contributed by atoms with Crippen molar-refractivity contribution in [1.29, 1.82) is 0 Å². The van der Waals surface area contributed by atoms with E-state index in [0.29, 0.717) is 19.2 Å². The number of amides is 1. The zero-order chi connectivity index (χ0) is 16.7. The van der Waals surface area contributed by atoms with Crippen LogP contribution in [0.1, 0.15) is 25.3 Å². The Balaban J connectivity index is 1.72. The number of hydrogen-bond acceptors (Lipinski definition) is 4. The summed E-state index contributed by atoms with van der Waals surface area (Å²) in [5.41, 5.74) is 1.25. The summed E-state index contributed by atoms with van der Waals surface area (Å²) in [6.45, 7) is 6.06. The molecule has 23 heavy (non-hydrogen) atoms. The Kier molecular flexibility index (Phi) is 6.86. The fourth-order valence-electron chi connectivity index (χ4n) is 2.80. The van der Waals surface area contributed by atoms with Crippen molar-refractivity contribution in [2.24, 2.45) is 0 Å². The van der Waals surface area contributed by atoms with Gasteiger partial charge in [-0.15, -0.1) is 0 Å². The SMILES string of the molecule is CCOc1cccc(CNC2CCN(CC(=O)N(C)C)CC2)c1. The largest absolute Gasteiger partial charge is 0.494 e. The molecule has 0 unspecified atom stereocenters. The van der Waals surface area contributed by atoms with Crippen LogP contribution in [-0.2, 0) is 11.3 Å². The standard InChI is InChI=1S/C18H29N3O2/c1-4-23-17-7-5-6-15(12-17)13-19-16-8-10-21(11-9-16)14-18(22)20(2)3/h5-7,12,16,19H,4,8-11,13-14H2,1-3H3. The molecule has 0 aliphatic carbocycles. The van der Waals surface area contributed by atoms with E-state index in [1.54, 1.807) is 4.90 Å². The van der Waals surface area contributed by atoms with Crippen LogP contribution in [0, 0.1) is 0 Å². The highest BCUT2D eigenvalue weighted by Gasteiger charge is 2.20. The predicted molar refractivity (Wildman–Crippen MR) is 92.6 cm³/mol. The van der Waals surface area contributed by atoms with Gasteiger partial charge in [-0.1, -0.05) is 12.1 Å². The fourth-order valence-corrected chi connectivity index (χ4v) is 2.80. The molecule has 5 heteroatoms. The van der Waals surface area contributed by atoms with E-state index in [9.17, 15) is 4.79 Å². The highest BCUT2D eigenvalue weighted by molar-refractivity contribution is 5.77. The number of ether oxygens (including phenoxy) is 1. The molecule has 0 spiro atoms. The minimum Gasteiger partial charge on any atom is -0.494 e. The lowest BCUT2D eigenvalue weighted by atomic mass is 10.0. The van der Waals surface area contributed by atoms with Crippen LogP contribution < -0.4 is 10.1 Å². The summed E-state index contributed by atoms with van der Waals surface area (Å²) in [6.07, 6.45) is 2.18. The molecule has 5 nitrogen and oxygen atoms in total. The van der Waals surface area contributed by atoms with Gasteiger partial charge in [0.05, 0.1) is 13.2 Å². The Bertz CT molecular complexity index is 497. The van der Waals surface area contributed by atoms with Gasteiger partial charge in [-0.3, -0.25) is 9.69 Å². The lowest BCUT2D eigenvalue weighted by Gasteiger charge is -2.32. The van der Waals surface area contributed by atoms with E-state index in [-0.39, 0.29) is 5.91 Å². The maximum Gasteiger partial charge on any atom is 0.236 e. The summed E-state index contributed by atoms with van der Waals surface area (Å²) >= 11 is 0. The first-order chi connectivity index (χ1) is 11.1. The van der Waals surface area contributed by atoms with Crippen LogP contribution in [0.2, 0.25) is 0 Å². The Morgan fingerprint density at radius 2 is 2.09 bits per heavy atom. The molecule has 0 saturated carbocycles. The average Bonchev–Trinajstić information content (AvgIpc) is 2.55. The molecule has 1 aromatic rings. The van der Waals surface area contributed by atoms with Gasteiger partial charge < -0.3 is 15.0 Å². The fraction of sp³-hybridized carbons (Fsp3) is 0.611. The molecule has 0 radical (unpaired) electrons. The highest BCUT2D eigenvalue weighted by Crippen LogP contribution is 2.15. The molecule has 1 aliphatic heterocycles. The van der Waals surface area contributed by atoms with Crippen LogP contribution in [0.15, 0.2) is 24.3 Å². The van der Waals surface area contributed by atoms with Crippen molar-refractivity contribution in [2.45, 2.75) is 32.4 Å². The van der Waals surface area contributed by atoms with Gasteiger partial charge in [-0.2, -0.15) is 0 Å². The molecule has 1 saturated heterocycles. The van der Waals surface area contributed by atoms with E-state index in [1.807, 2.05) is 33.2 Å². The molecular formula is C18H29N3O2. The number of likely N-dealkylation sites (N-methyl/N-ethyl adjacent to an activating group) is 1. The maximum absolute atomic E-state index is 11.7.